The van der Waals surface area contributed by atoms with Crippen LogP contribution in [0.4, 0.5) is 0 Å². The van der Waals surface area contributed by atoms with Crippen LogP contribution in [-0.4, -0.2) is 28.3 Å². The van der Waals surface area contributed by atoms with Gasteiger partial charge < -0.3 is 15.6 Å². The lowest BCUT2D eigenvalue weighted by atomic mass is 9.97. The molecule has 0 saturated heterocycles. The topological polar surface area (TPSA) is 68.4 Å². The molecule has 0 aliphatic rings. The molecule has 0 bridgehead atoms. The molecule has 108 valence electrons. The SMILES string of the molecule is Cc1ccc2cccc(OC(C)CC(C)(N)CO)c2n1. The second-order valence-electron chi connectivity index (χ2n) is 5.73. The average molecular weight is 274 g/mol. The van der Waals surface area contributed by atoms with Gasteiger partial charge in [0.05, 0.1) is 12.7 Å². The molecule has 1 aromatic carbocycles. The molecule has 0 radical (unpaired) electrons. The summed E-state index contributed by atoms with van der Waals surface area (Å²) in [6, 6.07) is 9.90. The van der Waals surface area contributed by atoms with Crippen molar-refractivity contribution in [1.29, 1.82) is 0 Å². The number of aromatic nitrogens is 1. The molecule has 0 aliphatic heterocycles. The van der Waals surface area contributed by atoms with Crippen LogP contribution in [0.1, 0.15) is 26.0 Å². The third kappa shape index (κ3) is 3.46. The Balaban J connectivity index is 2.23. The molecule has 4 heteroatoms. The lowest BCUT2D eigenvalue weighted by Gasteiger charge is -2.26. The maximum absolute atomic E-state index is 9.22. The van der Waals surface area contributed by atoms with Crippen molar-refractivity contribution in [1.82, 2.24) is 4.98 Å². The molecule has 0 saturated carbocycles. The van der Waals surface area contributed by atoms with E-state index in [0.717, 1.165) is 22.3 Å². The maximum Gasteiger partial charge on any atom is 0.145 e. The Morgan fingerprint density at radius 2 is 2.10 bits per heavy atom. The molecule has 1 aromatic heterocycles. The zero-order valence-corrected chi connectivity index (χ0v) is 12.3. The zero-order chi connectivity index (χ0) is 14.8. The van der Waals surface area contributed by atoms with Gasteiger partial charge in [-0.15, -0.1) is 0 Å². The van der Waals surface area contributed by atoms with Crippen LogP contribution in [0.25, 0.3) is 10.9 Å². The predicted octanol–water partition coefficient (Wildman–Crippen LogP) is 2.41. The van der Waals surface area contributed by atoms with Crippen LogP contribution in [-0.2, 0) is 0 Å². The van der Waals surface area contributed by atoms with E-state index in [1.54, 1.807) is 0 Å². The number of ether oxygens (including phenoxy) is 1. The third-order valence-electron chi connectivity index (χ3n) is 3.27. The van der Waals surface area contributed by atoms with Crippen molar-refractivity contribution in [2.75, 3.05) is 6.61 Å². The average Bonchev–Trinajstić information content (AvgIpc) is 2.39. The molecule has 0 aliphatic carbocycles. The van der Waals surface area contributed by atoms with E-state index in [1.165, 1.54) is 0 Å². The van der Waals surface area contributed by atoms with Gasteiger partial charge in [0.1, 0.15) is 11.3 Å². The van der Waals surface area contributed by atoms with Crippen LogP contribution in [0, 0.1) is 6.92 Å². The van der Waals surface area contributed by atoms with Crippen LogP contribution in [0.2, 0.25) is 0 Å². The van der Waals surface area contributed by atoms with Crippen LogP contribution in [0.15, 0.2) is 30.3 Å². The molecule has 20 heavy (non-hydrogen) atoms. The highest BCUT2D eigenvalue weighted by atomic mass is 16.5. The molecule has 0 spiro atoms. The first-order valence-corrected chi connectivity index (χ1v) is 6.84. The molecule has 0 fully saturated rings. The van der Waals surface area contributed by atoms with E-state index in [0.29, 0.717) is 6.42 Å². The van der Waals surface area contributed by atoms with Crippen molar-refractivity contribution in [3.63, 3.8) is 0 Å². The zero-order valence-electron chi connectivity index (χ0n) is 12.3. The summed E-state index contributed by atoms with van der Waals surface area (Å²) in [7, 11) is 0. The molecule has 2 aromatic rings. The number of para-hydroxylation sites is 1. The van der Waals surface area contributed by atoms with Crippen molar-refractivity contribution in [3.8, 4) is 5.75 Å². The summed E-state index contributed by atoms with van der Waals surface area (Å²) >= 11 is 0. The highest BCUT2D eigenvalue weighted by Crippen LogP contribution is 2.26. The van der Waals surface area contributed by atoms with Crippen LogP contribution < -0.4 is 10.5 Å². The predicted molar refractivity (Wildman–Crippen MR) is 80.9 cm³/mol. The number of hydrogen-bond acceptors (Lipinski definition) is 4. The van der Waals surface area contributed by atoms with Gasteiger partial charge in [-0.3, -0.25) is 0 Å². The number of nitrogens with two attached hydrogens (primary N) is 1. The van der Waals surface area contributed by atoms with Gasteiger partial charge >= 0.3 is 0 Å². The van der Waals surface area contributed by atoms with Crippen molar-refractivity contribution in [2.24, 2.45) is 5.73 Å². The minimum absolute atomic E-state index is 0.0619. The van der Waals surface area contributed by atoms with Gasteiger partial charge in [0, 0.05) is 23.0 Å². The molecule has 0 amide bonds. The standard InChI is InChI=1S/C16H22N2O2/c1-11-7-8-13-5-4-6-14(15(13)18-11)20-12(2)9-16(3,17)10-19/h4-8,12,19H,9-10,17H2,1-3H3. The molecule has 2 unspecified atom stereocenters. The smallest absolute Gasteiger partial charge is 0.145 e. The summed E-state index contributed by atoms with van der Waals surface area (Å²) in [6.07, 6.45) is 0.483. The number of hydrogen-bond donors (Lipinski definition) is 2. The Morgan fingerprint density at radius 3 is 2.80 bits per heavy atom. The Kier molecular flexibility index (Phi) is 4.26. The number of rotatable bonds is 5. The fourth-order valence-electron chi connectivity index (χ4n) is 2.29. The fraction of sp³-hybridized carbons (Fsp3) is 0.438. The summed E-state index contributed by atoms with van der Waals surface area (Å²) in [4.78, 5) is 4.54. The van der Waals surface area contributed by atoms with E-state index in [2.05, 4.69) is 4.98 Å². The quantitative estimate of drug-likeness (QED) is 0.878. The second-order valence-corrected chi connectivity index (χ2v) is 5.73. The first kappa shape index (κ1) is 14.8. The number of aryl methyl sites for hydroxylation is 1. The van der Waals surface area contributed by atoms with Gasteiger partial charge in [-0.2, -0.15) is 0 Å². The molecule has 2 rings (SSSR count). The van der Waals surface area contributed by atoms with Crippen molar-refractivity contribution in [3.05, 3.63) is 36.0 Å². The van der Waals surface area contributed by atoms with E-state index in [1.807, 2.05) is 51.1 Å². The van der Waals surface area contributed by atoms with Crippen LogP contribution in [0.5, 0.6) is 5.75 Å². The van der Waals surface area contributed by atoms with Crippen LogP contribution in [0.3, 0.4) is 0 Å². The van der Waals surface area contributed by atoms with Crippen molar-refractivity contribution in [2.45, 2.75) is 38.8 Å². The summed E-state index contributed by atoms with van der Waals surface area (Å²) in [5, 5.41) is 10.3. The van der Waals surface area contributed by atoms with Crippen molar-refractivity contribution < 1.29 is 9.84 Å². The first-order chi connectivity index (χ1) is 9.41. The van der Waals surface area contributed by atoms with E-state index in [4.69, 9.17) is 10.5 Å². The number of fused-ring (bicyclic) bond motifs is 1. The summed E-state index contributed by atoms with van der Waals surface area (Å²) in [6.45, 7) is 5.67. The molecular weight excluding hydrogens is 252 g/mol. The summed E-state index contributed by atoms with van der Waals surface area (Å²) in [5.41, 5.74) is 7.15. The van der Waals surface area contributed by atoms with Gasteiger partial charge in [0.25, 0.3) is 0 Å². The number of nitrogens with zero attached hydrogens (tertiary/aromatic N) is 1. The normalized spacial score (nSPS) is 15.8. The Labute approximate surface area is 119 Å². The number of aliphatic hydroxyl groups is 1. The summed E-state index contributed by atoms with van der Waals surface area (Å²) in [5.74, 6) is 0.757. The third-order valence-corrected chi connectivity index (χ3v) is 3.27. The fourth-order valence-corrected chi connectivity index (χ4v) is 2.29. The molecular formula is C16H22N2O2. The minimum atomic E-state index is -0.632. The van der Waals surface area contributed by atoms with Crippen molar-refractivity contribution >= 4 is 10.9 Å². The highest BCUT2D eigenvalue weighted by Gasteiger charge is 2.22. The Hall–Kier alpha value is -1.65. The Bertz CT molecular complexity index is 596. The largest absolute Gasteiger partial charge is 0.488 e. The van der Waals surface area contributed by atoms with Gasteiger partial charge in [-0.05, 0) is 32.9 Å². The number of benzene rings is 1. The molecule has 1 heterocycles. The summed E-state index contributed by atoms with van der Waals surface area (Å²) < 4.78 is 5.97. The van der Waals surface area contributed by atoms with E-state index >= 15 is 0 Å². The maximum atomic E-state index is 9.22. The highest BCUT2D eigenvalue weighted by molar-refractivity contribution is 5.84. The van der Waals surface area contributed by atoms with E-state index in [-0.39, 0.29) is 12.7 Å². The van der Waals surface area contributed by atoms with Gasteiger partial charge in [0.15, 0.2) is 0 Å². The number of pyridine rings is 1. The minimum Gasteiger partial charge on any atom is -0.488 e. The molecule has 2 atom stereocenters. The van der Waals surface area contributed by atoms with E-state index < -0.39 is 5.54 Å². The molecule has 4 nitrogen and oxygen atoms in total. The van der Waals surface area contributed by atoms with E-state index in [9.17, 15) is 5.11 Å². The second kappa shape index (κ2) is 5.77. The van der Waals surface area contributed by atoms with Gasteiger partial charge in [-0.1, -0.05) is 18.2 Å². The van der Waals surface area contributed by atoms with Crippen LogP contribution >= 0.6 is 0 Å². The number of aliphatic hydroxyl groups excluding tert-OH is 1. The van der Waals surface area contributed by atoms with Gasteiger partial charge in [-0.25, -0.2) is 4.98 Å². The molecule has 3 N–H and O–H groups in total. The van der Waals surface area contributed by atoms with Gasteiger partial charge in [0.2, 0.25) is 0 Å². The Morgan fingerprint density at radius 1 is 1.35 bits per heavy atom. The lowest BCUT2D eigenvalue weighted by molar-refractivity contribution is 0.134. The monoisotopic (exact) mass is 274 g/mol. The first-order valence-electron chi connectivity index (χ1n) is 6.84. The lowest BCUT2D eigenvalue weighted by Crippen LogP contribution is -2.43.